The molecule has 0 unspecified atom stereocenters. The van der Waals surface area contributed by atoms with E-state index in [2.05, 4.69) is 5.32 Å². The zero-order chi connectivity index (χ0) is 20.5. The van der Waals surface area contributed by atoms with Crippen molar-refractivity contribution < 1.29 is 33.3 Å². The summed E-state index contributed by atoms with van der Waals surface area (Å²) in [6.45, 7) is -0.145. The lowest BCUT2D eigenvalue weighted by molar-refractivity contribution is -0.124. The molecule has 2 aromatic rings. The maximum absolute atomic E-state index is 12.1. The number of carbonyl (C=O) groups is 2. The average Bonchev–Trinajstić information content (AvgIpc) is 2.74. The second kappa shape index (κ2) is 10.1. The largest absolute Gasteiger partial charge is 0.493 e. The maximum atomic E-state index is 12.1. The molecule has 0 atom stereocenters. The van der Waals surface area contributed by atoms with Crippen LogP contribution in [0.5, 0.6) is 23.0 Å². The second-order valence-corrected chi connectivity index (χ2v) is 5.61. The van der Waals surface area contributed by atoms with E-state index in [4.69, 9.17) is 23.7 Å². The molecule has 0 aliphatic heterocycles. The van der Waals surface area contributed by atoms with Gasteiger partial charge in [-0.15, -0.1) is 0 Å². The van der Waals surface area contributed by atoms with E-state index in [1.54, 1.807) is 31.4 Å². The van der Waals surface area contributed by atoms with Crippen molar-refractivity contribution in [2.45, 2.75) is 6.54 Å². The number of benzene rings is 2. The van der Waals surface area contributed by atoms with Gasteiger partial charge in [-0.25, -0.2) is 4.79 Å². The van der Waals surface area contributed by atoms with Gasteiger partial charge in [0.15, 0.2) is 29.6 Å². The molecule has 0 bridgehead atoms. The molecule has 0 heterocycles. The van der Waals surface area contributed by atoms with Crippen LogP contribution in [0.15, 0.2) is 36.4 Å². The number of hydrogen-bond acceptors (Lipinski definition) is 7. The average molecular weight is 389 g/mol. The van der Waals surface area contributed by atoms with Crippen LogP contribution >= 0.6 is 0 Å². The molecule has 0 aliphatic carbocycles. The minimum absolute atomic E-state index is 0.255. The van der Waals surface area contributed by atoms with E-state index >= 15 is 0 Å². The van der Waals surface area contributed by atoms with Crippen LogP contribution in [0.4, 0.5) is 0 Å². The van der Waals surface area contributed by atoms with Crippen LogP contribution in [0.25, 0.3) is 0 Å². The van der Waals surface area contributed by atoms with E-state index in [0.717, 1.165) is 5.56 Å². The number of nitrogens with one attached hydrogen (secondary N) is 1. The summed E-state index contributed by atoms with van der Waals surface area (Å²) in [5.41, 5.74) is 1.07. The van der Waals surface area contributed by atoms with Gasteiger partial charge in [0.1, 0.15) is 0 Å². The van der Waals surface area contributed by atoms with Gasteiger partial charge >= 0.3 is 5.97 Å². The highest BCUT2D eigenvalue weighted by Gasteiger charge is 2.14. The van der Waals surface area contributed by atoms with Crippen molar-refractivity contribution in [1.82, 2.24) is 5.32 Å². The molecule has 2 rings (SSSR count). The molecule has 0 fully saturated rings. The van der Waals surface area contributed by atoms with Gasteiger partial charge in [0.05, 0.1) is 34.0 Å². The first-order valence-electron chi connectivity index (χ1n) is 8.39. The first-order valence-corrected chi connectivity index (χ1v) is 8.39. The number of carbonyl (C=O) groups excluding carboxylic acids is 2. The van der Waals surface area contributed by atoms with Gasteiger partial charge in [-0.3, -0.25) is 4.79 Å². The highest BCUT2D eigenvalue weighted by atomic mass is 16.5. The third-order valence-corrected chi connectivity index (χ3v) is 3.89. The van der Waals surface area contributed by atoms with Crippen molar-refractivity contribution in [2.24, 2.45) is 0 Å². The van der Waals surface area contributed by atoms with Crippen molar-refractivity contribution >= 4 is 11.9 Å². The molecule has 0 spiro atoms. The van der Waals surface area contributed by atoms with Gasteiger partial charge in [-0.2, -0.15) is 0 Å². The van der Waals surface area contributed by atoms with Crippen molar-refractivity contribution in [3.05, 3.63) is 47.5 Å². The third-order valence-electron chi connectivity index (χ3n) is 3.89. The highest BCUT2D eigenvalue weighted by Crippen LogP contribution is 2.28. The number of hydrogen-bond donors (Lipinski definition) is 1. The fourth-order valence-corrected chi connectivity index (χ4v) is 2.42. The molecule has 2 aromatic carbocycles. The Morgan fingerprint density at radius 2 is 1.36 bits per heavy atom. The molecule has 0 aromatic heterocycles. The number of ether oxygens (including phenoxy) is 5. The summed E-state index contributed by atoms with van der Waals surface area (Å²) < 4.78 is 25.7. The van der Waals surface area contributed by atoms with Crippen LogP contribution in [0.3, 0.4) is 0 Å². The quantitative estimate of drug-likeness (QED) is 0.657. The Labute approximate surface area is 163 Å². The molecule has 0 saturated carbocycles. The molecule has 8 nitrogen and oxygen atoms in total. The molecule has 150 valence electrons. The maximum Gasteiger partial charge on any atom is 0.338 e. The number of methoxy groups -OCH3 is 4. The van der Waals surface area contributed by atoms with Gasteiger partial charge in [-0.05, 0) is 35.9 Å². The topological polar surface area (TPSA) is 92.3 Å². The van der Waals surface area contributed by atoms with Crippen molar-refractivity contribution in [3.8, 4) is 23.0 Å². The van der Waals surface area contributed by atoms with E-state index < -0.39 is 18.5 Å². The fraction of sp³-hybridized carbons (Fsp3) is 0.300. The monoisotopic (exact) mass is 389 g/mol. The van der Waals surface area contributed by atoms with Gasteiger partial charge in [0.25, 0.3) is 5.91 Å². The molecule has 0 radical (unpaired) electrons. The normalized spacial score (nSPS) is 10.0. The zero-order valence-corrected chi connectivity index (χ0v) is 16.2. The predicted molar refractivity (Wildman–Crippen MR) is 101 cm³/mol. The molecule has 1 N–H and O–H groups in total. The van der Waals surface area contributed by atoms with Crippen molar-refractivity contribution in [3.63, 3.8) is 0 Å². The van der Waals surface area contributed by atoms with E-state index in [1.165, 1.54) is 33.5 Å². The summed E-state index contributed by atoms with van der Waals surface area (Å²) >= 11 is 0. The number of rotatable bonds is 9. The van der Waals surface area contributed by atoms with E-state index in [-0.39, 0.29) is 12.1 Å². The van der Waals surface area contributed by atoms with Crippen molar-refractivity contribution in [1.29, 1.82) is 0 Å². The van der Waals surface area contributed by atoms with Crippen LogP contribution in [0, 0.1) is 0 Å². The van der Waals surface area contributed by atoms with E-state index in [1.807, 2.05) is 0 Å². The minimum Gasteiger partial charge on any atom is -0.493 e. The van der Waals surface area contributed by atoms with Gasteiger partial charge < -0.3 is 29.0 Å². The lowest BCUT2D eigenvalue weighted by Gasteiger charge is -2.11. The summed E-state index contributed by atoms with van der Waals surface area (Å²) in [6.07, 6.45) is 0. The van der Waals surface area contributed by atoms with Crippen molar-refractivity contribution in [2.75, 3.05) is 35.0 Å². The van der Waals surface area contributed by atoms with E-state index in [0.29, 0.717) is 23.0 Å². The summed E-state index contributed by atoms with van der Waals surface area (Å²) in [7, 11) is 6.05. The summed E-state index contributed by atoms with van der Waals surface area (Å²) in [6, 6.07) is 9.92. The molecule has 0 saturated heterocycles. The number of esters is 1. The third kappa shape index (κ3) is 5.29. The van der Waals surface area contributed by atoms with Crippen LogP contribution < -0.4 is 24.3 Å². The van der Waals surface area contributed by atoms with Crippen LogP contribution in [0.2, 0.25) is 0 Å². The van der Waals surface area contributed by atoms with Crippen LogP contribution in [-0.2, 0) is 16.1 Å². The molecular weight excluding hydrogens is 366 g/mol. The fourth-order valence-electron chi connectivity index (χ4n) is 2.42. The van der Waals surface area contributed by atoms with Gasteiger partial charge in [0, 0.05) is 6.54 Å². The summed E-state index contributed by atoms with van der Waals surface area (Å²) in [4.78, 5) is 24.1. The summed E-state index contributed by atoms with van der Waals surface area (Å²) in [5.74, 6) is 0.989. The zero-order valence-electron chi connectivity index (χ0n) is 16.2. The molecule has 1 amide bonds. The van der Waals surface area contributed by atoms with E-state index in [9.17, 15) is 9.59 Å². The SMILES string of the molecule is COc1ccc(CNC(=O)COC(=O)c2ccc(OC)c(OC)c2)cc1OC. The summed E-state index contributed by atoms with van der Waals surface area (Å²) in [5, 5.41) is 2.68. The Balaban J connectivity index is 1.88. The molecular formula is C20H23NO7. The van der Waals surface area contributed by atoms with Gasteiger partial charge in [0.2, 0.25) is 0 Å². The lowest BCUT2D eigenvalue weighted by Crippen LogP contribution is -2.28. The Morgan fingerprint density at radius 3 is 1.96 bits per heavy atom. The number of amides is 1. The second-order valence-electron chi connectivity index (χ2n) is 5.61. The Hall–Kier alpha value is -3.42. The first kappa shape index (κ1) is 20.9. The molecule has 0 aliphatic rings. The lowest BCUT2D eigenvalue weighted by atomic mass is 10.2. The van der Waals surface area contributed by atoms with Gasteiger partial charge in [-0.1, -0.05) is 6.07 Å². The molecule has 8 heteroatoms. The smallest absolute Gasteiger partial charge is 0.338 e. The molecule has 28 heavy (non-hydrogen) atoms. The standard InChI is InChI=1S/C20H23NO7/c1-24-15-7-5-13(9-17(15)26-3)11-21-19(22)12-28-20(23)14-6-8-16(25-2)18(10-14)27-4/h5-10H,11-12H2,1-4H3,(H,21,22). The Kier molecular flexibility index (Phi) is 7.50. The Bertz CT molecular complexity index is 835. The van der Waals surface area contributed by atoms with Crippen LogP contribution in [0.1, 0.15) is 15.9 Å². The highest BCUT2D eigenvalue weighted by molar-refractivity contribution is 5.92. The van der Waals surface area contributed by atoms with Crippen LogP contribution in [-0.4, -0.2) is 46.9 Å². The first-order chi connectivity index (χ1) is 13.5. The predicted octanol–water partition coefficient (Wildman–Crippen LogP) is 2.19. The minimum atomic E-state index is -0.637. The Morgan fingerprint density at radius 1 is 0.786 bits per heavy atom.